The van der Waals surface area contributed by atoms with Gasteiger partial charge in [0.2, 0.25) is 0 Å². The molecule has 2 rings (SSSR count). The van der Waals surface area contributed by atoms with Crippen molar-refractivity contribution in [2.75, 3.05) is 37.6 Å². The van der Waals surface area contributed by atoms with Crippen molar-refractivity contribution < 1.29 is 0 Å². The molecule has 1 fully saturated rings. The van der Waals surface area contributed by atoms with Gasteiger partial charge in [0.05, 0.1) is 0 Å². The Balaban J connectivity index is 1.87. The van der Waals surface area contributed by atoms with Crippen molar-refractivity contribution in [3.8, 4) is 0 Å². The predicted molar refractivity (Wildman–Crippen MR) is 81.7 cm³/mol. The second-order valence-corrected chi connectivity index (χ2v) is 5.96. The summed E-state index contributed by atoms with van der Waals surface area (Å²) in [4.78, 5) is 9.59. The van der Waals surface area contributed by atoms with Gasteiger partial charge in [0, 0.05) is 38.9 Å². The van der Waals surface area contributed by atoms with E-state index in [0.717, 1.165) is 44.3 Å². The highest BCUT2D eigenvalue weighted by atomic mass is 15.3. The molecule has 1 saturated heterocycles. The number of hydrogen-bond acceptors (Lipinski definition) is 3. The van der Waals surface area contributed by atoms with E-state index < -0.39 is 0 Å². The number of aromatic nitrogens is 1. The molecule has 3 nitrogen and oxygen atoms in total. The summed E-state index contributed by atoms with van der Waals surface area (Å²) in [6.45, 7) is 12.5. The normalized spacial score (nSPS) is 17.2. The predicted octanol–water partition coefficient (Wildman–Crippen LogP) is 2.81. The summed E-state index contributed by atoms with van der Waals surface area (Å²) in [5.41, 5.74) is 1.35. The van der Waals surface area contributed by atoms with Crippen LogP contribution in [0.1, 0.15) is 32.8 Å². The molecular formula is C16H27N3. The van der Waals surface area contributed by atoms with E-state index in [9.17, 15) is 0 Å². The van der Waals surface area contributed by atoms with Gasteiger partial charge < -0.3 is 4.90 Å². The van der Waals surface area contributed by atoms with E-state index in [1.807, 2.05) is 6.20 Å². The molecule has 1 aromatic heterocycles. The Morgan fingerprint density at radius 2 is 1.89 bits per heavy atom. The van der Waals surface area contributed by atoms with E-state index >= 15 is 0 Å². The van der Waals surface area contributed by atoms with Gasteiger partial charge in [-0.3, -0.25) is 4.90 Å². The van der Waals surface area contributed by atoms with Gasteiger partial charge in [-0.2, -0.15) is 0 Å². The minimum atomic E-state index is 0.762. The van der Waals surface area contributed by atoms with Gasteiger partial charge in [-0.1, -0.05) is 33.3 Å². The average molecular weight is 261 g/mol. The molecule has 1 aliphatic rings. The Morgan fingerprint density at radius 3 is 2.42 bits per heavy atom. The van der Waals surface area contributed by atoms with E-state index in [0.29, 0.717) is 0 Å². The summed E-state index contributed by atoms with van der Waals surface area (Å²) in [6, 6.07) is 4.41. The zero-order valence-corrected chi connectivity index (χ0v) is 12.6. The molecule has 3 heteroatoms. The van der Waals surface area contributed by atoms with Gasteiger partial charge >= 0.3 is 0 Å². The Labute approximate surface area is 117 Å². The minimum absolute atomic E-state index is 0.762. The number of pyridine rings is 1. The number of piperazine rings is 1. The fourth-order valence-corrected chi connectivity index (χ4v) is 2.72. The molecule has 0 bridgehead atoms. The van der Waals surface area contributed by atoms with Crippen molar-refractivity contribution in [2.24, 2.45) is 5.92 Å². The van der Waals surface area contributed by atoms with E-state index in [4.69, 9.17) is 0 Å². The van der Waals surface area contributed by atoms with Crippen molar-refractivity contribution in [1.82, 2.24) is 9.88 Å². The number of nitrogens with zero attached hydrogens (tertiary/aromatic N) is 3. The molecular weight excluding hydrogens is 234 g/mol. The first-order valence-corrected chi connectivity index (χ1v) is 7.61. The van der Waals surface area contributed by atoms with E-state index in [2.05, 4.69) is 47.7 Å². The summed E-state index contributed by atoms with van der Waals surface area (Å²) in [5, 5.41) is 0. The number of rotatable bonds is 5. The summed E-state index contributed by atoms with van der Waals surface area (Å²) in [5.74, 6) is 1.90. The monoisotopic (exact) mass is 261 g/mol. The van der Waals surface area contributed by atoms with Crippen LogP contribution in [0.15, 0.2) is 18.3 Å². The third kappa shape index (κ3) is 4.20. The molecule has 0 amide bonds. The Hall–Kier alpha value is -1.09. The highest BCUT2D eigenvalue weighted by Crippen LogP contribution is 2.15. The lowest BCUT2D eigenvalue weighted by molar-refractivity contribution is 0.231. The van der Waals surface area contributed by atoms with Gasteiger partial charge in [0.1, 0.15) is 5.82 Å². The highest BCUT2D eigenvalue weighted by Gasteiger charge is 2.18. The van der Waals surface area contributed by atoms with Crippen molar-refractivity contribution in [3.63, 3.8) is 0 Å². The van der Waals surface area contributed by atoms with Crippen LogP contribution in [0.25, 0.3) is 0 Å². The molecule has 2 heterocycles. The first-order chi connectivity index (χ1) is 9.19. The summed E-state index contributed by atoms with van der Waals surface area (Å²) in [6.07, 6.45) is 4.36. The van der Waals surface area contributed by atoms with Gasteiger partial charge in [-0.05, 0) is 24.0 Å². The molecule has 1 aliphatic heterocycles. The van der Waals surface area contributed by atoms with Crippen molar-refractivity contribution in [3.05, 3.63) is 23.9 Å². The van der Waals surface area contributed by atoms with Crippen LogP contribution in [-0.4, -0.2) is 42.6 Å². The largest absolute Gasteiger partial charge is 0.354 e. The summed E-state index contributed by atoms with van der Waals surface area (Å²) < 4.78 is 0. The minimum Gasteiger partial charge on any atom is -0.354 e. The van der Waals surface area contributed by atoms with Crippen molar-refractivity contribution in [2.45, 2.75) is 33.6 Å². The van der Waals surface area contributed by atoms with Gasteiger partial charge in [0.15, 0.2) is 0 Å². The van der Waals surface area contributed by atoms with E-state index in [1.54, 1.807) is 0 Å². The summed E-state index contributed by atoms with van der Waals surface area (Å²) >= 11 is 0. The maximum Gasteiger partial charge on any atom is 0.128 e. The van der Waals surface area contributed by atoms with Gasteiger partial charge in [-0.25, -0.2) is 4.98 Å². The van der Waals surface area contributed by atoms with Crippen LogP contribution in [0.2, 0.25) is 0 Å². The second kappa shape index (κ2) is 6.90. The third-order valence-corrected chi connectivity index (χ3v) is 3.67. The van der Waals surface area contributed by atoms with Crippen molar-refractivity contribution in [1.29, 1.82) is 0 Å². The number of hydrogen-bond donors (Lipinski definition) is 0. The fourth-order valence-electron chi connectivity index (χ4n) is 2.72. The maximum absolute atomic E-state index is 4.61. The third-order valence-electron chi connectivity index (χ3n) is 3.67. The van der Waals surface area contributed by atoms with Crippen LogP contribution in [0.3, 0.4) is 0 Å². The van der Waals surface area contributed by atoms with Gasteiger partial charge in [0.25, 0.3) is 0 Å². The van der Waals surface area contributed by atoms with Crippen molar-refractivity contribution >= 4 is 5.82 Å². The zero-order chi connectivity index (χ0) is 13.7. The quantitative estimate of drug-likeness (QED) is 0.812. The number of aryl methyl sites for hydroxylation is 1. The Morgan fingerprint density at radius 1 is 1.16 bits per heavy atom. The molecule has 0 atom stereocenters. The Kier molecular flexibility index (Phi) is 5.20. The molecule has 1 aromatic rings. The lowest BCUT2D eigenvalue weighted by Crippen LogP contribution is -2.47. The van der Waals surface area contributed by atoms with Crippen LogP contribution in [0, 0.1) is 5.92 Å². The van der Waals surface area contributed by atoms with Gasteiger partial charge in [-0.15, -0.1) is 0 Å². The molecule has 0 aromatic carbocycles. The van der Waals surface area contributed by atoms with Crippen LogP contribution < -0.4 is 4.90 Å². The molecule has 19 heavy (non-hydrogen) atoms. The topological polar surface area (TPSA) is 19.4 Å². The fraction of sp³-hybridized carbons (Fsp3) is 0.688. The first kappa shape index (κ1) is 14.3. The van der Waals surface area contributed by atoms with Crippen LogP contribution in [0.5, 0.6) is 0 Å². The molecule has 0 saturated carbocycles. The van der Waals surface area contributed by atoms with Crippen LogP contribution >= 0.6 is 0 Å². The Bertz CT molecular complexity index is 364. The lowest BCUT2D eigenvalue weighted by atomic mass is 10.1. The molecule has 0 radical (unpaired) electrons. The first-order valence-electron chi connectivity index (χ1n) is 7.61. The summed E-state index contributed by atoms with van der Waals surface area (Å²) in [7, 11) is 0. The lowest BCUT2D eigenvalue weighted by Gasteiger charge is -2.36. The smallest absolute Gasteiger partial charge is 0.128 e. The molecule has 106 valence electrons. The number of anilines is 1. The molecule has 0 spiro atoms. The molecule has 0 aliphatic carbocycles. The molecule has 0 unspecified atom stereocenters. The maximum atomic E-state index is 4.61. The SMILES string of the molecule is CCCc1ccc(N2CCN(CC(C)C)CC2)nc1. The van der Waals surface area contributed by atoms with Crippen LogP contribution in [-0.2, 0) is 6.42 Å². The standard InChI is InChI=1S/C16H27N3/c1-4-5-15-6-7-16(17-12-15)19-10-8-18(9-11-19)13-14(2)3/h6-7,12,14H,4-5,8-11,13H2,1-3H3. The second-order valence-electron chi connectivity index (χ2n) is 5.96. The zero-order valence-electron chi connectivity index (χ0n) is 12.6. The highest BCUT2D eigenvalue weighted by molar-refractivity contribution is 5.39. The average Bonchev–Trinajstić information content (AvgIpc) is 2.40. The van der Waals surface area contributed by atoms with E-state index in [1.165, 1.54) is 18.5 Å². The van der Waals surface area contributed by atoms with Crippen LogP contribution in [0.4, 0.5) is 5.82 Å². The van der Waals surface area contributed by atoms with E-state index in [-0.39, 0.29) is 0 Å². The molecule has 0 N–H and O–H groups in total.